The Morgan fingerprint density at radius 2 is 2.05 bits per heavy atom. The number of nitriles is 1. The van der Waals surface area contributed by atoms with Gasteiger partial charge in [0.1, 0.15) is 23.0 Å². The lowest BCUT2D eigenvalue weighted by molar-refractivity contribution is -0.0743. The van der Waals surface area contributed by atoms with Gasteiger partial charge in [-0.05, 0) is 77.4 Å². The Labute approximate surface area is 261 Å². The van der Waals surface area contributed by atoms with E-state index in [0.717, 1.165) is 93.8 Å². The number of aryl methyl sites for hydroxylation is 1. The molecular formula is C32H40N8O3S. The van der Waals surface area contributed by atoms with E-state index >= 15 is 0 Å². The molecule has 0 radical (unpaired) electrons. The molecule has 3 aliphatic heterocycles. The van der Waals surface area contributed by atoms with Gasteiger partial charge in [-0.1, -0.05) is 5.16 Å². The summed E-state index contributed by atoms with van der Waals surface area (Å²) < 4.78 is 18.5. The Balaban J connectivity index is 1.21. The molecule has 3 N–H and O–H groups in total. The normalized spacial score (nSPS) is 26.7. The summed E-state index contributed by atoms with van der Waals surface area (Å²) >= 11 is 1.56. The molecule has 0 amide bonds. The van der Waals surface area contributed by atoms with Gasteiger partial charge in [-0.2, -0.15) is 10.2 Å². The van der Waals surface area contributed by atoms with Crippen LogP contribution in [-0.2, 0) is 23.0 Å². The van der Waals surface area contributed by atoms with Crippen LogP contribution < -0.4 is 20.7 Å². The molecule has 232 valence electrons. The van der Waals surface area contributed by atoms with Crippen molar-refractivity contribution in [1.82, 2.24) is 25.3 Å². The quantitative estimate of drug-likeness (QED) is 0.434. The molecular weight excluding hydrogens is 576 g/mol. The van der Waals surface area contributed by atoms with Gasteiger partial charge in [0, 0.05) is 42.2 Å². The van der Waals surface area contributed by atoms with Gasteiger partial charge in [-0.15, -0.1) is 11.3 Å². The number of hydrogen-bond donors (Lipinski definition) is 2. The first-order chi connectivity index (χ1) is 21.4. The summed E-state index contributed by atoms with van der Waals surface area (Å²) in [6.45, 7) is 7.13. The minimum atomic E-state index is -0.390. The molecule has 0 unspecified atom stereocenters. The van der Waals surface area contributed by atoms with E-state index in [-0.39, 0.29) is 17.1 Å². The highest BCUT2D eigenvalue weighted by Crippen LogP contribution is 2.55. The molecule has 3 atom stereocenters. The maximum Gasteiger partial charge on any atom is 0.219 e. The summed E-state index contributed by atoms with van der Waals surface area (Å²) in [4.78, 5) is 16.0. The number of nitrogens with one attached hydrogen (secondary N) is 1. The van der Waals surface area contributed by atoms with E-state index in [1.165, 1.54) is 11.3 Å². The number of aromatic nitrogens is 3. The van der Waals surface area contributed by atoms with Crippen LogP contribution in [0.4, 0.5) is 10.8 Å². The maximum absolute atomic E-state index is 10.1. The van der Waals surface area contributed by atoms with Crippen molar-refractivity contribution in [1.29, 1.82) is 5.26 Å². The predicted molar refractivity (Wildman–Crippen MR) is 167 cm³/mol. The summed E-state index contributed by atoms with van der Waals surface area (Å²) in [5, 5.41) is 19.0. The Morgan fingerprint density at radius 3 is 2.80 bits per heavy atom. The fraction of sp³-hybridized carbons (Fsp3) is 0.625. The summed E-state index contributed by atoms with van der Waals surface area (Å²) in [6, 6.07) is 4.75. The minimum Gasteiger partial charge on any atom is -0.473 e. The lowest BCUT2D eigenvalue weighted by Crippen LogP contribution is -2.70. The van der Waals surface area contributed by atoms with Crippen LogP contribution >= 0.6 is 11.3 Å². The number of nitrogen functional groups attached to an aromatic ring is 1. The smallest absolute Gasteiger partial charge is 0.219 e. The predicted octanol–water partition coefficient (Wildman–Crippen LogP) is 3.65. The third-order valence-electron chi connectivity index (χ3n) is 10.6. The number of piperazine rings is 1. The van der Waals surface area contributed by atoms with Crippen LogP contribution in [0.5, 0.6) is 5.88 Å². The van der Waals surface area contributed by atoms with Gasteiger partial charge in [-0.25, -0.2) is 4.98 Å². The zero-order chi connectivity index (χ0) is 30.1. The number of ether oxygens (including phenoxy) is 2. The van der Waals surface area contributed by atoms with Gasteiger partial charge in [-0.3, -0.25) is 4.90 Å². The molecule has 3 aromatic heterocycles. The topological polar surface area (TPSA) is 139 Å². The van der Waals surface area contributed by atoms with E-state index in [1.54, 1.807) is 11.3 Å². The highest BCUT2D eigenvalue weighted by atomic mass is 32.1. The summed E-state index contributed by atoms with van der Waals surface area (Å²) in [5.41, 5.74) is 9.35. The standard InChI is InChI=1S/C32H40N8O3S/c1-19(22-7-5-12-39(22)2)42-25-14-24(40-13-11-35-31(16-40)17-41-18-31)36-30(37-25)27-20-6-3-9-32(28(20)43-38-27)10-4-8-23-26(32)21(15-33)29(34)44-23/h14,19,22,35H,3-13,16-18,34H2,1-2H3/t19-,22-,32-/m0/s1. The number of rotatable bonds is 5. The average molecular weight is 617 g/mol. The largest absolute Gasteiger partial charge is 0.473 e. The number of nitrogens with two attached hydrogens (primary N) is 1. The molecule has 2 spiro atoms. The van der Waals surface area contributed by atoms with Crippen molar-refractivity contribution < 1.29 is 14.0 Å². The second kappa shape index (κ2) is 10.7. The number of anilines is 2. The van der Waals surface area contributed by atoms with Crippen LogP contribution in [0.3, 0.4) is 0 Å². The molecule has 3 aromatic rings. The molecule has 2 aliphatic carbocycles. The van der Waals surface area contributed by atoms with Gasteiger partial charge >= 0.3 is 0 Å². The molecule has 44 heavy (non-hydrogen) atoms. The van der Waals surface area contributed by atoms with Gasteiger partial charge in [0.15, 0.2) is 17.3 Å². The first kappa shape index (κ1) is 28.2. The molecule has 3 saturated heterocycles. The first-order valence-corrected chi connectivity index (χ1v) is 16.9. The molecule has 6 heterocycles. The maximum atomic E-state index is 10.1. The number of likely N-dealkylation sites (tertiary alicyclic amines) is 1. The van der Waals surface area contributed by atoms with Crippen molar-refractivity contribution in [3.63, 3.8) is 0 Å². The third-order valence-corrected chi connectivity index (χ3v) is 11.7. The molecule has 0 saturated carbocycles. The highest BCUT2D eigenvalue weighted by Gasteiger charge is 2.49. The highest BCUT2D eigenvalue weighted by molar-refractivity contribution is 7.16. The Hall–Kier alpha value is -3.24. The third kappa shape index (κ3) is 4.42. The zero-order valence-electron chi connectivity index (χ0n) is 25.5. The van der Waals surface area contributed by atoms with E-state index in [0.29, 0.717) is 47.2 Å². The zero-order valence-corrected chi connectivity index (χ0v) is 26.3. The van der Waals surface area contributed by atoms with Crippen LogP contribution in [0.15, 0.2) is 10.6 Å². The first-order valence-electron chi connectivity index (χ1n) is 16.0. The lowest BCUT2D eigenvalue weighted by atomic mass is 9.63. The molecule has 11 nitrogen and oxygen atoms in total. The van der Waals surface area contributed by atoms with Crippen molar-refractivity contribution in [3.05, 3.63) is 33.4 Å². The summed E-state index contributed by atoms with van der Waals surface area (Å²) in [6.07, 6.45) is 7.87. The molecule has 12 heteroatoms. The van der Waals surface area contributed by atoms with Crippen molar-refractivity contribution in [3.8, 4) is 23.5 Å². The van der Waals surface area contributed by atoms with Crippen molar-refractivity contribution in [2.75, 3.05) is 57.1 Å². The van der Waals surface area contributed by atoms with E-state index in [4.69, 9.17) is 29.7 Å². The van der Waals surface area contributed by atoms with Gasteiger partial charge in [0.25, 0.3) is 0 Å². The SMILES string of the molecule is C[C@H](Oc1cc(N2CCNC3(COC3)C2)nc(-c2noc3c2CCC[C@@]32CCCc3sc(N)c(C#N)c32)n1)[C@@H]1CCCN1C. The van der Waals surface area contributed by atoms with Crippen molar-refractivity contribution in [2.45, 2.75) is 81.4 Å². The number of thiophene rings is 1. The fourth-order valence-corrected chi connectivity index (χ4v) is 9.61. The van der Waals surface area contributed by atoms with E-state index in [2.05, 4.69) is 40.3 Å². The number of likely N-dealkylation sites (N-methyl/N-ethyl adjacent to an activating group) is 1. The average Bonchev–Trinajstić information content (AvgIpc) is 3.73. The molecule has 5 aliphatic rings. The fourth-order valence-electron chi connectivity index (χ4n) is 8.45. The Kier molecular flexibility index (Phi) is 6.86. The lowest BCUT2D eigenvalue weighted by Gasteiger charge is -2.49. The summed E-state index contributed by atoms with van der Waals surface area (Å²) in [7, 11) is 2.17. The van der Waals surface area contributed by atoms with Crippen molar-refractivity contribution >= 4 is 22.2 Å². The summed E-state index contributed by atoms with van der Waals surface area (Å²) in [5.74, 6) is 2.80. The second-order valence-electron chi connectivity index (χ2n) is 13.4. The van der Waals surface area contributed by atoms with E-state index < -0.39 is 0 Å². The van der Waals surface area contributed by atoms with E-state index in [9.17, 15) is 5.26 Å². The van der Waals surface area contributed by atoms with Crippen LogP contribution in [0.2, 0.25) is 0 Å². The molecule has 3 fully saturated rings. The van der Waals surface area contributed by atoms with Gasteiger partial charge < -0.3 is 29.9 Å². The van der Waals surface area contributed by atoms with Crippen LogP contribution in [0.1, 0.15) is 72.8 Å². The van der Waals surface area contributed by atoms with Crippen molar-refractivity contribution in [2.24, 2.45) is 0 Å². The van der Waals surface area contributed by atoms with Crippen LogP contribution in [0.25, 0.3) is 11.5 Å². The van der Waals surface area contributed by atoms with Crippen LogP contribution in [-0.4, -0.2) is 84.1 Å². The minimum absolute atomic E-state index is 0.0175. The number of nitrogens with zero attached hydrogens (tertiary/aromatic N) is 6. The Bertz CT molecular complexity index is 1620. The van der Waals surface area contributed by atoms with Gasteiger partial charge in [0.2, 0.25) is 5.88 Å². The molecule has 0 aromatic carbocycles. The van der Waals surface area contributed by atoms with Gasteiger partial charge in [0.05, 0.1) is 29.7 Å². The monoisotopic (exact) mass is 616 g/mol. The second-order valence-corrected chi connectivity index (χ2v) is 14.5. The number of fused-ring (bicyclic) bond motifs is 4. The molecule has 0 bridgehead atoms. The molecule has 8 rings (SSSR count). The van der Waals surface area contributed by atoms with E-state index in [1.807, 2.05) is 6.07 Å². The van der Waals surface area contributed by atoms with Crippen LogP contribution in [0, 0.1) is 11.3 Å². The number of hydrogen-bond acceptors (Lipinski definition) is 12. The Morgan fingerprint density at radius 1 is 1.20 bits per heavy atom.